The Labute approximate surface area is 155 Å². The molecule has 2 aromatic carbocycles. The van der Waals surface area contributed by atoms with Crippen LogP contribution in [-0.4, -0.2) is 22.9 Å². The number of amides is 2. The molecule has 0 aromatic heterocycles. The summed E-state index contributed by atoms with van der Waals surface area (Å²) in [4.78, 5) is 34.1. The number of carboxylic acids is 1. The highest BCUT2D eigenvalue weighted by Crippen LogP contribution is 2.16. The minimum atomic E-state index is -1.07. The van der Waals surface area contributed by atoms with Crippen molar-refractivity contribution in [1.82, 2.24) is 0 Å². The predicted molar refractivity (Wildman–Crippen MR) is 100 cm³/mol. The quantitative estimate of drug-likeness (QED) is 0.460. The number of anilines is 3. The third kappa shape index (κ3) is 5.72. The van der Waals surface area contributed by atoms with Gasteiger partial charge in [0.25, 0.3) is 5.91 Å². The molecule has 0 atom stereocenters. The molecule has 0 heterocycles. The largest absolute Gasteiger partial charge is 0.478 e. The van der Waals surface area contributed by atoms with Crippen molar-refractivity contribution in [2.24, 2.45) is 0 Å². The van der Waals surface area contributed by atoms with Crippen LogP contribution >= 0.6 is 0 Å². The van der Waals surface area contributed by atoms with Gasteiger partial charge in [0.1, 0.15) is 11.6 Å². The van der Waals surface area contributed by atoms with E-state index in [1.165, 1.54) is 37.4 Å². The molecule has 0 fully saturated rings. The zero-order valence-corrected chi connectivity index (χ0v) is 14.3. The number of carbonyl (C=O) groups excluding carboxylic acids is 2. The lowest BCUT2D eigenvalue weighted by atomic mass is 10.2. The minimum Gasteiger partial charge on any atom is -0.478 e. The highest BCUT2D eigenvalue weighted by Gasteiger charge is 2.10. The van der Waals surface area contributed by atoms with Crippen LogP contribution in [0.1, 0.15) is 17.3 Å². The van der Waals surface area contributed by atoms with Gasteiger partial charge in [-0.15, -0.1) is 0 Å². The molecule has 2 rings (SSSR count). The summed E-state index contributed by atoms with van der Waals surface area (Å²) in [6.45, 7) is 1.39. The number of benzene rings is 2. The van der Waals surface area contributed by atoms with E-state index < -0.39 is 11.9 Å². The van der Waals surface area contributed by atoms with Crippen LogP contribution < -0.4 is 16.0 Å². The third-order valence-electron chi connectivity index (χ3n) is 3.32. The van der Waals surface area contributed by atoms with Gasteiger partial charge in [-0.25, -0.2) is 4.79 Å². The summed E-state index contributed by atoms with van der Waals surface area (Å²) in [6.07, 6.45) is 1.24. The lowest BCUT2D eigenvalue weighted by Crippen LogP contribution is -2.14. The van der Waals surface area contributed by atoms with Crippen molar-refractivity contribution in [1.29, 1.82) is 5.26 Å². The molecule has 136 valence electrons. The molecular weight excluding hydrogens is 348 g/mol. The van der Waals surface area contributed by atoms with E-state index in [0.717, 1.165) is 0 Å². The molecule has 0 aliphatic carbocycles. The molecule has 4 N–H and O–H groups in total. The van der Waals surface area contributed by atoms with Gasteiger partial charge in [-0.3, -0.25) is 9.59 Å². The van der Waals surface area contributed by atoms with Crippen molar-refractivity contribution in [2.45, 2.75) is 6.92 Å². The van der Waals surface area contributed by atoms with Gasteiger partial charge in [-0.1, -0.05) is 6.07 Å². The summed E-state index contributed by atoms with van der Waals surface area (Å²) in [5.41, 5.74) is 1.42. The average Bonchev–Trinajstić information content (AvgIpc) is 2.62. The maximum atomic E-state index is 12.2. The number of rotatable bonds is 6. The van der Waals surface area contributed by atoms with Gasteiger partial charge in [0.05, 0.1) is 5.56 Å². The molecule has 0 unspecified atom stereocenters. The molecule has 8 nitrogen and oxygen atoms in total. The number of hydrogen-bond donors (Lipinski definition) is 4. The summed E-state index contributed by atoms with van der Waals surface area (Å²) in [6, 6.07) is 14.1. The maximum Gasteiger partial charge on any atom is 0.335 e. The number of carbonyl (C=O) groups is 3. The van der Waals surface area contributed by atoms with Crippen LogP contribution in [0, 0.1) is 11.3 Å². The van der Waals surface area contributed by atoms with E-state index in [-0.39, 0.29) is 17.0 Å². The first-order chi connectivity index (χ1) is 12.9. The Morgan fingerprint density at radius 3 is 2.26 bits per heavy atom. The second-order valence-electron chi connectivity index (χ2n) is 5.41. The number of nitrogens with zero attached hydrogens (tertiary/aromatic N) is 1. The maximum absolute atomic E-state index is 12.2. The Morgan fingerprint density at radius 1 is 1.00 bits per heavy atom. The highest BCUT2D eigenvalue weighted by molar-refractivity contribution is 6.06. The normalized spacial score (nSPS) is 10.4. The predicted octanol–water partition coefficient (Wildman–Crippen LogP) is 2.80. The van der Waals surface area contributed by atoms with E-state index in [2.05, 4.69) is 16.0 Å². The molecule has 0 saturated carbocycles. The molecular formula is C19H16N4O4. The number of nitriles is 1. The topological polar surface area (TPSA) is 131 Å². The molecule has 0 spiro atoms. The zero-order valence-electron chi connectivity index (χ0n) is 14.3. The number of aromatic carboxylic acids is 1. The second kappa shape index (κ2) is 8.82. The van der Waals surface area contributed by atoms with Gasteiger partial charge in [-0.05, 0) is 42.5 Å². The number of nitrogens with one attached hydrogen (secondary N) is 3. The van der Waals surface area contributed by atoms with Gasteiger partial charge < -0.3 is 21.1 Å². The average molecular weight is 364 g/mol. The SMILES string of the molecule is CC(=O)Nc1cccc(N/C=C(/C#N)C(=O)Nc2ccc(C(=O)O)cc2)c1. The third-order valence-corrected chi connectivity index (χ3v) is 3.32. The van der Waals surface area contributed by atoms with Crippen molar-refractivity contribution in [3.63, 3.8) is 0 Å². The Balaban J connectivity index is 2.07. The van der Waals surface area contributed by atoms with Crippen molar-refractivity contribution in [3.05, 3.63) is 65.9 Å². The van der Waals surface area contributed by atoms with Crippen molar-refractivity contribution >= 4 is 34.8 Å². The van der Waals surface area contributed by atoms with Gasteiger partial charge in [0.15, 0.2) is 0 Å². The van der Waals surface area contributed by atoms with Gasteiger partial charge in [0.2, 0.25) is 5.91 Å². The van der Waals surface area contributed by atoms with E-state index in [1.54, 1.807) is 30.3 Å². The van der Waals surface area contributed by atoms with Crippen LogP contribution in [0.2, 0.25) is 0 Å². The summed E-state index contributed by atoms with van der Waals surface area (Å²) >= 11 is 0. The van der Waals surface area contributed by atoms with E-state index in [0.29, 0.717) is 17.1 Å². The van der Waals surface area contributed by atoms with Crippen LogP contribution in [0.4, 0.5) is 17.1 Å². The molecule has 0 aliphatic rings. The Hall–Kier alpha value is -4.12. The smallest absolute Gasteiger partial charge is 0.335 e. The Bertz CT molecular complexity index is 943. The molecule has 2 aromatic rings. The molecule has 8 heteroatoms. The minimum absolute atomic E-state index is 0.0877. The van der Waals surface area contributed by atoms with Crippen LogP contribution in [-0.2, 0) is 9.59 Å². The van der Waals surface area contributed by atoms with Gasteiger partial charge in [0, 0.05) is 30.2 Å². The van der Waals surface area contributed by atoms with Gasteiger partial charge in [-0.2, -0.15) is 5.26 Å². The molecule has 2 amide bonds. The number of carboxylic acid groups (broad SMARTS) is 1. The molecule has 0 radical (unpaired) electrons. The molecule has 0 saturated heterocycles. The second-order valence-corrected chi connectivity index (χ2v) is 5.41. The lowest BCUT2D eigenvalue weighted by Gasteiger charge is -2.07. The first-order valence-electron chi connectivity index (χ1n) is 7.78. The van der Waals surface area contributed by atoms with Crippen molar-refractivity contribution in [2.75, 3.05) is 16.0 Å². The van der Waals surface area contributed by atoms with Crippen LogP contribution in [0.15, 0.2) is 60.3 Å². The first-order valence-corrected chi connectivity index (χ1v) is 7.78. The van der Waals surface area contributed by atoms with Crippen LogP contribution in [0.5, 0.6) is 0 Å². The van der Waals surface area contributed by atoms with Crippen LogP contribution in [0.3, 0.4) is 0 Å². The summed E-state index contributed by atoms with van der Waals surface area (Å²) in [5.74, 6) is -1.93. The highest BCUT2D eigenvalue weighted by atomic mass is 16.4. The molecule has 0 bridgehead atoms. The Kier molecular flexibility index (Phi) is 6.28. The molecule has 0 aliphatic heterocycles. The fourth-order valence-electron chi connectivity index (χ4n) is 2.09. The fourth-order valence-corrected chi connectivity index (χ4v) is 2.09. The summed E-state index contributed by atoms with van der Waals surface area (Å²) in [7, 11) is 0. The van der Waals surface area contributed by atoms with Crippen molar-refractivity contribution in [3.8, 4) is 6.07 Å². The van der Waals surface area contributed by atoms with Crippen molar-refractivity contribution < 1.29 is 19.5 Å². The van der Waals surface area contributed by atoms with E-state index in [9.17, 15) is 19.6 Å². The fraction of sp³-hybridized carbons (Fsp3) is 0.0526. The zero-order chi connectivity index (χ0) is 19.8. The van der Waals surface area contributed by atoms with Gasteiger partial charge >= 0.3 is 5.97 Å². The molecule has 27 heavy (non-hydrogen) atoms. The van der Waals surface area contributed by atoms with E-state index >= 15 is 0 Å². The summed E-state index contributed by atoms with van der Waals surface area (Å²) in [5, 5.41) is 26.0. The lowest BCUT2D eigenvalue weighted by molar-refractivity contribution is -0.114. The number of hydrogen-bond acceptors (Lipinski definition) is 5. The van der Waals surface area contributed by atoms with E-state index in [4.69, 9.17) is 5.11 Å². The first kappa shape index (κ1) is 19.2. The summed E-state index contributed by atoms with van der Waals surface area (Å²) < 4.78 is 0. The van der Waals surface area contributed by atoms with E-state index in [1.807, 2.05) is 0 Å². The Morgan fingerprint density at radius 2 is 1.67 bits per heavy atom. The standard InChI is InChI=1S/C19H16N4O4/c1-12(24)22-17-4-2-3-16(9-17)21-11-14(10-20)18(25)23-15-7-5-13(6-8-15)19(26)27/h2-9,11,21H,1H3,(H,22,24)(H,23,25)(H,26,27)/b14-11-. The van der Waals surface area contributed by atoms with Crippen LogP contribution in [0.25, 0.3) is 0 Å². The monoisotopic (exact) mass is 364 g/mol.